The van der Waals surface area contributed by atoms with Gasteiger partial charge in [-0.05, 0) is 32.6 Å². The van der Waals surface area contributed by atoms with E-state index >= 15 is 0 Å². The minimum Gasteiger partial charge on any atom is -0.384 e. The van der Waals surface area contributed by atoms with Crippen molar-refractivity contribution in [1.29, 1.82) is 0 Å². The van der Waals surface area contributed by atoms with Crippen LogP contribution in [0.1, 0.15) is 31.4 Å². The van der Waals surface area contributed by atoms with Crippen LogP contribution in [0.2, 0.25) is 0 Å². The van der Waals surface area contributed by atoms with Gasteiger partial charge in [0.2, 0.25) is 0 Å². The van der Waals surface area contributed by atoms with Crippen molar-refractivity contribution in [2.75, 3.05) is 5.73 Å². The maximum Gasteiger partial charge on any atom is 0.124 e. The van der Waals surface area contributed by atoms with Crippen molar-refractivity contribution in [3.8, 4) is 0 Å². The second-order valence-electron chi connectivity index (χ2n) is 3.74. The minimum atomic E-state index is 0.485. The summed E-state index contributed by atoms with van der Waals surface area (Å²) in [6, 6.07) is 0.485. The van der Waals surface area contributed by atoms with Gasteiger partial charge < -0.3 is 5.73 Å². The second-order valence-corrected chi connectivity index (χ2v) is 3.74. The van der Waals surface area contributed by atoms with Gasteiger partial charge in [-0.3, -0.25) is 0 Å². The lowest BCUT2D eigenvalue weighted by Crippen LogP contribution is -2.11. The van der Waals surface area contributed by atoms with Crippen LogP contribution in [0.4, 0.5) is 5.82 Å². The van der Waals surface area contributed by atoms with Crippen LogP contribution >= 0.6 is 0 Å². The number of anilines is 1. The molecule has 0 bridgehead atoms. The highest BCUT2D eigenvalue weighted by molar-refractivity contribution is 5.37. The Kier molecular flexibility index (Phi) is 1.60. The minimum absolute atomic E-state index is 0.485. The molecule has 0 unspecified atom stereocenters. The summed E-state index contributed by atoms with van der Waals surface area (Å²) >= 11 is 0. The van der Waals surface area contributed by atoms with E-state index in [1.165, 1.54) is 12.8 Å². The first-order chi connectivity index (χ1) is 5.70. The van der Waals surface area contributed by atoms with Crippen molar-refractivity contribution < 1.29 is 0 Å². The molecule has 1 aliphatic rings. The number of rotatable bonds is 2. The van der Waals surface area contributed by atoms with Crippen molar-refractivity contribution in [3.05, 3.63) is 11.8 Å². The van der Waals surface area contributed by atoms with Crippen molar-refractivity contribution in [1.82, 2.24) is 9.78 Å². The zero-order valence-corrected chi connectivity index (χ0v) is 7.62. The van der Waals surface area contributed by atoms with Gasteiger partial charge in [0.15, 0.2) is 0 Å². The lowest BCUT2D eigenvalue weighted by molar-refractivity contribution is 0.446. The molecule has 0 amide bonds. The molecule has 1 aromatic rings. The highest BCUT2D eigenvalue weighted by Gasteiger charge is 2.30. The van der Waals surface area contributed by atoms with E-state index in [4.69, 9.17) is 5.73 Å². The van der Waals surface area contributed by atoms with E-state index in [0.29, 0.717) is 6.04 Å². The van der Waals surface area contributed by atoms with Crippen LogP contribution in [-0.2, 0) is 0 Å². The first-order valence-electron chi connectivity index (χ1n) is 4.49. The summed E-state index contributed by atoms with van der Waals surface area (Å²) in [7, 11) is 0. The standard InChI is InChI=1S/C9H15N3/c1-6-5-11-12(9(6)10)7(2)8-3-4-8/h5,7-8H,3-4,10H2,1-2H3/t7-/m0/s1. The summed E-state index contributed by atoms with van der Waals surface area (Å²) < 4.78 is 1.95. The molecule has 0 spiro atoms. The Morgan fingerprint density at radius 1 is 1.67 bits per heavy atom. The molecule has 12 heavy (non-hydrogen) atoms. The predicted molar refractivity (Wildman–Crippen MR) is 48.8 cm³/mol. The third-order valence-electron chi connectivity index (χ3n) is 2.72. The lowest BCUT2D eigenvalue weighted by Gasteiger charge is -2.12. The van der Waals surface area contributed by atoms with Crippen molar-refractivity contribution in [2.45, 2.75) is 32.7 Å². The van der Waals surface area contributed by atoms with Crippen LogP contribution in [0.3, 0.4) is 0 Å². The maximum atomic E-state index is 5.87. The summed E-state index contributed by atoms with van der Waals surface area (Å²) in [5.41, 5.74) is 6.96. The van der Waals surface area contributed by atoms with E-state index in [-0.39, 0.29) is 0 Å². The molecule has 3 nitrogen and oxygen atoms in total. The van der Waals surface area contributed by atoms with Crippen molar-refractivity contribution in [2.24, 2.45) is 5.92 Å². The van der Waals surface area contributed by atoms with Crippen molar-refractivity contribution in [3.63, 3.8) is 0 Å². The third-order valence-corrected chi connectivity index (χ3v) is 2.72. The fourth-order valence-corrected chi connectivity index (χ4v) is 1.56. The number of aryl methyl sites for hydroxylation is 1. The average molecular weight is 165 g/mol. The molecule has 1 aromatic heterocycles. The zero-order valence-electron chi connectivity index (χ0n) is 7.62. The van der Waals surface area contributed by atoms with Crippen LogP contribution < -0.4 is 5.73 Å². The smallest absolute Gasteiger partial charge is 0.124 e. The van der Waals surface area contributed by atoms with E-state index in [1.807, 2.05) is 17.8 Å². The molecule has 1 heterocycles. The lowest BCUT2D eigenvalue weighted by atomic mass is 10.2. The number of nitrogens with two attached hydrogens (primary N) is 1. The molecule has 0 aromatic carbocycles. The van der Waals surface area contributed by atoms with Crippen LogP contribution in [0.25, 0.3) is 0 Å². The molecule has 1 saturated carbocycles. The topological polar surface area (TPSA) is 43.8 Å². The van der Waals surface area contributed by atoms with Crippen LogP contribution in [0.5, 0.6) is 0 Å². The Morgan fingerprint density at radius 2 is 2.33 bits per heavy atom. The number of nitrogen functional groups attached to an aromatic ring is 1. The molecular formula is C9H15N3. The number of hydrogen-bond acceptors (Lipinski definition) is 2. The number of aromatic nitrogens is 2. The summed E-state index contributed by atoms with van der Waals surface area (Å²) in [5, 5.41) is 4.27. The van der Waals surface area contributed by atoms with Gasteiger partial charge in [0.05, 0.1) is 12.2 Å². The summed E-state index contributed by atoms with van der Waals surface area (Å²) in [5.74, 6) is 1.64. The Hall–Kier alpha value is -0.990. The number of nitrogens with zero attached hydrogens (tertiary/aromatic N) is 2. The van der Waals surface area contributed by atoms with Gasteiger partial charge in [-0.2, -0.15) is 5.10 Å². The van der Waals surface area contributed by atoms with E-state index < -0.39 is 0 Å². The monoisotopic (exact) mass is 165 g/mol. The fraction of sp³-hybridized carbons (Fsp3) is 0.667. The van der Waals surface area contributed by atoms with Gasteiger partial charge in [-0.25, -0.2) is 4.68 Å². The highest BCUT2D eigenvalue weighted by atomic mass is 15.3. The molecule has 0 aliphatic heterocycles. The second kappa shape index (κ2) is 2.51. The first kappa shape index (κ1) is 7.65. The fourth-order valence-electron chi connectivity index (χ4n) is 1.56. The molecule has 1 fully saturated rings. The normalized spacial score (nSPS) is 19.5. The first-order valence-corrected chi connectivity index (χ1v) is 4.49. The molecular weight excluding hydrogens is 150 g/mol. The van der Waals surface area contributed by atoms with E-state index in [2.05, 4.69) is 12.0 Å². The Balaban J connectivity index is 2.25. The van der Waals surface area contributed by atoms with E-state index in [0.717, 1.165) is 17.3 Å². The Bertz CT molecular complexity index is 286. The average Bonchev–Trinajstić information content (AvgIpc) is 2.82. The molecule has 2 rings (SSSR count). The zero-order chi connectivity index (χ0) is 8.72. The van der Waals surface area contributed by atoms with Crippen LogP contribution in [-0.4, -0.2) is 9.78 Å². The predicted octanol–water partition coefficient (Wildman–Crippen LogP) is 1.74. The summed E-state index contributed by atoms with van der Waals surface area (Å²) in [4.78, 5) is 0. The molecule has 2 N–H and O–H groups in total. The largest absolute Gasteiger partial charge is 0.384 e. The van der Waals surface area contributed by atoms with Gasteiger partial charge in [0.25, 0.3) is 0 Å². The quantitative estimate of drug-likeness (QED) is 0.725. The van der Waals surface area contributed by atoms with Crippen LogP contribution in [0, 0.1) is 12.8 Å². The maximum absolute atomic E-state index is 5.87. The van der Waals surface area contributed by atoms with Gasteiger partial charge >= 0.3 is 0 Å². The van der Waals surface area contributed by atoms with Gasteiger partial charge in [-0.15, -0.1) is 0 Å². The number of hydrogen-bond donors (Lipinski definition) is 1. The van der Waals surface area contributed by atoms with E-state index in [1.54, 1.807) is 0 Å². The van der Waals surface area contributed by atoms with E-state index in [9.17, 15) is 0 Å². The third kappa shape index (κ3) is 1.09. The Labute approximate surface area is 72.6 Å². The van der Waals surface area contributed by atoms with Gasteiger partial charge in [-0.1, -0.05) is 0 Å². The summed E-state index contributed by atoms with van der Waals surface area (Å²) in [6.45, 7) is 4.19. The molecule has 1 aliphatic carbocycles. The molecule has 0 saturated heterocycles. The summed E-state index contributed by atoms with van der Waals surface area (Å²) in [6.07, 6.45) is 4.51. The highest BCUT2D eigenvalue weighted by Crippen LogP contribution is 2.40. The molecule has 0 radical (unpaired) electrons. The van der Waals surface area contributed by atoms with Crippen molar-refractivity contribution >= 4 is 5.82 Å². The molecule has 66 valence electrons. The van der Waals surface area contributed by atoms with Crippen LogP contribution in [0.15, 0.2) is 6.20 Å². The molecule has 3 heteroatoms. The van der Waals surface area contributed by atoms with Gasteiger partial charge in [0.1, 0.15) is 5.82 Å². The SMILES string of the molecule is Cc1cnn([C@@H](C)C2CC2)c1N. The Morgan fingerprint density at radius 3 is 2.75 bits per heavy atom. The molecule has 1 atom stereocenters. The van der Waals surface area contributed by atoms with Gasteiger partial charge in [0, 0.05) is 5.56 Å².